The van der Waals surface area contributed by atoms with Crippen LogP contribution in [0.3, 0.4) is 0 Å². The highest BCUT2D eigenvalue weighted by Gasteiger charge is 2.45. The van der Waals surface area contributed by atoms with Crippen molar-refractivity contribution >= 4 is 0 Å². The highest BCUT2D eigenvalue weighted by Crippen LogP contribution is 2.41. The predicted molar refractivity (Wildman–Crippen MR) is 109 cm³/mol. The summed E-state index contributed by atoms with van der Waals surface area (Å²) in [6.45, 7) is 10.2. The molecule has 2 aliphatic heterocycles. The molecule has 1 saturated heterocycles. The van der Waals surface area contributed by atoms with Gasteiger partial charge in [-0.2, -0.15) is 0 Å². The lowest BCUT2D eigenvalue weighted by molar-refractivity contribution is 0.0498. The number of nitrogens with zero attached hydrogens (tertiary/aromatic N) is 4. The van der Waals surface area contributed by atoms with Crippen molar-refractivity contribution in [3.8, 4) is 11.4 Å². The maximum absolute atomic E-state index is 6.05. The van der Waals surface area contributed by atoms with Gasteiger partial charge in [0.25, 0.3) is 0 Å². The Morgan fingerprint density at radius 3 is 2.66 bits per heavy atom. The summed E-state index contributed by atoms with van der Waals surface area (Å²) in [7, 11) is 0. The van der Waals surface area contributed by atoms with Crippen LogP contribution in [-0.4, -0.2) is 39.7 Å². The van der Waals surface area contributed by atoms with Crippen LogP contribution in [0.1, 0.15) is 40.4 Å². The molecule has 1 spiro atoms. The van der Waals surface area contributed by atoms with Crippen LogP contribution in [0.2, 0.25) is 0 Å². The lowest BCUT2D eigenvalue weighted by Crippen LogP contribution is -2.41. The average Bonchev–Trinajstić information content (AvgIpc) is 3.28. The number of hydrogen-bond donors (Lipinski definition) is 0. The van der Waals surface area contributed by atoms with E-state index in [1.165, 1.54) is 11.3 Å². The number of benzene rings is 1. The van der Waals surface area contributed by atoms with Gasteiger partial charge >= 0.3 is 0 Å². The first-order valence-electron chi connectivity index (χ1n) is 10.2. The largest absolute Gasteiger partial charge is 0.376 e. The number of rotatable bonds is 3. The number of fused-ring (bicyclic) bond motifs is 2. The van der Waals surface area contributed by atoms with E-state index in [1.54, 1.807) is 0 Å². The molecule has 1 aromatic carbocycles. The van der Waals surface area contributed by atoms with Gasteiger partial charge in [-0.05, 0) is 33.7 Å². The number of likely N-dealkylation sites (tertiary alicyclic amines) is 1. The normalized spacial score (nSPS) is 21.6. The third-order valence-electron chi connectivity index (χ3n) is 6.37. The van der Waals surface area contributed by atoms with Gasteiger partial charge in [0.15, 0.2) is 5.82 Å². The van der Waals surface area contributed by atoms with E-state index < -0.39 is 0 Å². The molecule has 0 saturated carbocycles. The maximum Gasteiger partial charge on any atom is 0.159 e. The molecule has 0 radical (unpaired) electrons. The summed E-state index contributed by atoms with van der Waals surface area (Å²) in [4.78, 5) is 12.4. The topological polar surface area (TPSA) is 64.3 Å². The minimum Gasteiger partial charge on any atom is -0.376 e. The molecule has 0 N–H and O–H groups in total. The van der Waals surface area contributed by atoms with Gasteiger partial charge < -0.3 is 9.26 Å². The van der Waals surface area contributed by atoms with Gasteiger partial charge in [-0.1, -0.05) is 35.5 Å². The van der Waals surface area contributed by atoms with Crippen LogP contribution in [0.4, 0.5) is 0 Å². The average molecular weight is 390 g/mol. The Morgan fingerprint density at radius 1 is 1.07 bits per heavy atom. The van der Waals surface area contributed by atoms with Gasteiger partial charge in [-0.3, -0.25) is 4.90 Å². The smallest absolute Gasteiger partial charge is 0.159 e. The van der Waals surface area contributed by atoms with Crippen LogP contribution in [0.15, 0.2) is 34.9 Å². The van der Waals surface area contributed by atoms with E-state index in [9.17, 15) is 0 Å². The highest BCUT2D eigenvalue weighted by atomic mass is 16.5. The fourth-order valence-electron chi connectivity index (χ4n) is 4.70. The molecule has 0 amide bonds. The molecule has 4 heterocycles. The lowest BCUT2D eigenvalue weighted by atomic mass is 9.80. The summed E-state index contributed by atoms with van der Waals surface area (Å²) >= 11 is 0. The van der Waals surface area contributed by atoms with Gasteiger partial charge in [0, 0.05) is 35.5 Å². The number of aryl methyl sites for hydroxylation is 3. The second-order valence-corrected chi connectivity index (χ2v) is 8.36. The summed E-state index contributed by atoms with van der Waals surface area (Å²) < 4.78 is 11.4. The molecule has 2 aliphatic rings. The molecular formula is C23H26N4O2. The number of hydrogen-bond acceptors (Lipinski definition) is 6. The maximum atomic E-state index is 6.05. The molecule has 29 heavy (non-hydrogen) atoms. The van der Waals surface area contributed by atoms with Crippen LogP contribution in [0, 0.1) is 20.8 Å². The number of aromatic nitrogens is 3. The Bertz CT molecular complexity index is 1030. The number of ether oxygens (including phenoxy) is 1. The SMILES string of the molecule is Cc1nc(-c2ccccc2)nc2c1COC[C@]21CCN(Cc2c(C)noc2C)C1. The summed E-state index contributed by atoms with van der Waals surface area (Å²) in [5, 5.41) is 4.11. The van der Waals surface area contributed by atoms with Crippen LogP contribution in [0.25, 0.3) is 11.4 Å². The quantitative estimate of drug-likeness (QED) is 0.679. The van der Waals surface area contributed by atoms with Crippen LogP contribution in [0.5, 0.6) is 0 Å². The lowest BCUT2D eigenvalue weighted by Gasteiger charge is -2.35. The van der Waals surface area contributed by atoms with Crippen molar-refractivity contribution in [2.24, 2.45) is 0 Å². The highest BCUT2D eigenvalue weighted by molar-refractivity contribution is 5.56. The Hall–Kier alpha value is -2.57. The third-order valence-corrected chi connectivity index (χ3v) is 6.37. The van der Waals surface area contributed by atoms with Crippen molar-refractivity contribution in [2.45, 2.75) is 45.8 Å². The predicted octanol–water partition coefficient (Wildman–Crippen LogP) is 3.73. The molecule has 0 unspecified atom stereocenters. The van der Waals surface area contributed by atoms with Crippen LogP contribution < -0.4 is 0 Å². The van der Waals surface area contributed by atoms with Crippen molar-refractivity contribution in [3.63, 3.8) is 0 Å². The first kappa shape index (κ1) is 18.5. The van der Waals surface area contributed by atoms with E-state index in [2.05, 4.69) is 29.1 Å². The zero-order valence-electron chi connectivity index (χ0n) is 17.2. The van der Waals surface area contributed by atoms with Gasteiger partial charge in [-0.15, -0.1) is 0 Å². The second kappa shape index (κ2) is 7.04. The molecule has 2 aromatic heterocycles. The van der Waals surface area contributed by atoms with Gasteiger partial charge in [0.05, 0.1) is 30.0 Å². The van der Waals surface area contributed by atoms with Crippen molar-refractivity contribution in [1.82, 2.24) is 20.0 Å². The zero-order chi connectivity index (χ0) is 20.0. The van der Waals surface area contributed by atoms with E-state index in [0.29, 0.717) is 13.2 Å². The first-order chi connectivity index (χ1) is 14.1. The van der Waals surface area contributed by atoms with E-state index in [-0.39, 0.29) is 5.41 Å². The van der Waals surface area contributed by atoms with Crippen LogP contribution >= 0.6 is 0 Å². The third kappa shape index (κ3) is 3.16. The monoisotopic (exact) mass is 390 g/mol. The summed E-state index contributed by atoms with van der Waals surface area (Å²) in [6.07, 6.45) is 1.04. The zero-order valence-corrected chi connectivity index (χ0v) is 17.2. The van der Waals surface area contributed by atoms with Crippen molar-refractivity contribution in [3.05, 3.63) is 64.3 Å². The summed E-state index contributed by atoms with van der Waals surface area (Å²) in [6, 6.07) is 10.2. The molecule has 0 bridgehead atoms. The van der Waals surface area contributed by atoms with Gasteiger partial charge in [0.2, 0.25) is 0 Å². The molecule has 1 atom stereocenters. The van der Waals surface area contributed by atoms with Gasteiger partial charge in [0.1, 0.15) is 5.76 Å². The molecule has 150 valence electrons. The second-order valence-electron chi connectivity index (χ2n) is 8.36. The van der Waals surface area contributed by atoms with Crippen molar-refractivity contribution in [2.75, 3.05) is 19.7 Å². The molecule has 5 rings (SSSR count). The van der Waals surface area contributed by atoms with Gasteiger partial charge in [-0.25, -0.2) is 9.97 Å². The first-order valence-corrected chi connectivity index (χ1v) is 10.2. The van der Waals surface area contributed by atoms with E-state index in [0.717, 1.165) is 60.2 Å². The minimum atomic E-state index is -0.0796. The molecule has 6 nitrogen and oxygen atoms in total. The fourth-order valence-corrected chi connectivity index (χ4v) is 4.70. The standard InChI is InChI=1S/C23H26N4O2/c1-15-20-12-28-14-23(21(20)25-22(24-15)18-7-5-4-6-8-18)9-10-27(13-23)11-19-16(2)26-29-17(19)3/h4-8H,9-14H2,1-3H3/t23-/m1/s1. The van der Waals surface area contributed by atoms with E-state index >= 15 is 0 Å². The molecule has 3 aromatic rings. The Kier molecular flexibility index (Phi) is 4.48. The summed E-state index contributed by atoms with van der Waals surface area (Å²) in [5.74, 6) is 1.72. The Morgan fingerprint density at radius 2 is 1.90 bits per heavy atom. The van der Waals surface area contributed by atoms with E-state index in [4.69, 9.17) is 19.2 Å². The van der Waals surface area contributed by atoms with E-state index in [1.807, 2.05) is 32.0 Å². The fraction of sp³-hybridized carbons (Fsp3) is 0.435. The van der Waals surface area contributed by atoms with Crippen molar-refractivity contribution in [1.29, 1.82) is 0 Å². The molecule has 6 heteroatoms. The Balaban J connectivity index is 1.49. The van der Waals surface area contributed by atoms with Crippen molar-refractivity contribution < 1.29 is 9.26 Å². The minimum absolute atomic E-state index is 0.0796. The molecular weight excluding hydrogens is 364 g/mol. The Labute approximate surface area is 170 Å². The van der Waals surface area contributed by atoms with Crippen LogP contribution in [-0.2, 0) is 23.3 Å². The summed E-state index contributed by atoms with van der Waals surface area (Å²) in [5.41, 5.74) is 6.52. The molecule has 0 aliphatic carbocycles. The molecule has 1 fully saturated rings.